The van der Waals surface area contributed by atoms with Gasteiger partial charge in [-0.15, -0.1) is 5.10 Å². The smallest absolute Gasteiger partial charge is 0.320 e. The van der Waals surface area contributed by atoms with Crippen LogP contribution in [-0.2, 0) is 14.8 Å². The van der Waals surface area contributed by atoms with Crippen molar-refractivity contribution in [3.05, 3.63) is 5.38 Å². The van der Waals surface area contributed by atoms with Crippen molar-refractivity contribution in [2.45, 2.75) is 0 Å². The third-order valence-electron chi connectivity index (χ3n) is 0.934. The van der Waals surface area contributed by atoms with Crippen LogP contribution >= 0.6 is 11.5 Å². The topological polar surface area (TPSA) is 109 Å². The Balaban J connectivity index is 2.68. The van der Waals surface area contributed by atoms with Gasteiger partial charge < -0.3 is 5.11 Å². The molecular formula is C4H5N3O4S2. The van der Waals surface area contributed by atoms with Crippen molar-refractivity contribution in [1.82, 2.24) is 9.59 Å². The molecule has 1 heterocycles. The van der Waals surface area contributed by atoms with Crippen molar-refractivity contribution in [2.75, 3.05) is 10.5 Å². The van der Waals surface area contributed by atoms with Crippen LogP contribution in [0.15, 0.2) is 5.38 Å². The van der Waals surface area contributed by atoms with Crippen LogP contribution in [0.4, 0.5) is 5.82 Å². The largest absolute Gasteiger partial charge is 0.480 e. The van der Waals surface area contributed by atoms with Crippen LogP contribution in [0.2, 0.25) is 0 Å². The minimum Gasteiger partial charge on any atom is -0.480 e. The van der Waals surface area contributed by atoms with Crippen molar-refractivity contribution in [1.29, 1.82) is 0 Å². The van der Waals surface area contributed by atoms with E-state index in [1.165, 1.54) is 5.38 Å². The monoisotopic (exact) mass is 223 g/mol. The highest BCUT2D eigenvalue weighted by Gasteiger charge is 2.16. The van der Waals surface area contributed by atoms with Gasteiger partial charge in [-0.25, -0.2) is 8.42 Å². The van der Waals surface area contributed by atoms with Gasteiger partial charge in [0.15, 0.2) is 11.6 Å². The molecule has 13 heavy (non-hydrogen) atoms. The maximum absolute atomic E-state index is 11.0. The molecule has 9 heteroatoms. The number of hydrogen-bond acceptors (Lipinski definition) is 6. The number of carboxylic acids is 1. The molecule has 0 aromatic carbocycles. The van der Waals surface area contributed by atoms with E-state index in [0.29, 0.717) is 0 Å². The summed E-state index contributed by atoms with van der Waals surface area (Å²) in [6.07, 6.45) is 0. The highest BCUT2D eigenvalue weighted by molar-refractivity contribution is 7.93. The molecule has 1 aromatic rings. The third kappa shape index (κ3) is 3.34. The molecule has 0 amide bonds. The summed E-state index contributed by atoms with van der Waals surface area (Å²) in [7, 11) is -3.85. The predicted octanol–water partition coefficient (Wildman–Crippen LogP) is -0.636. The molecule has 0 saturated carbocycles. The van der Waals surface area contributed by atoms with E-state index in [2.05, 4.69) is 9.59 Å². The first-order valence-corrected chi connectivity index (χ1v) is 5.48. The summed E-state index contributed by atoms with van der Waals surface area (Å²) in [5.74, 6) is -2.37. The van der Waals surface area contributed by atoms with Gasteiger partial charge in [0, 0.05) is 0 Å². The summed E-state index contributed by atoms with van der Waals surface area (Å²) in [6.45, 7) is 0. The molecular weight excluding hydrogens is 218 g/mol. The minimum absolute atomic E-state index is 0.0336. The van der Waals surface area contributed by atoms with E-state index in [0.717, 1.165) is 11.5 Å². The molecule has 0 aliphatic carbocycles. The van der Waals surface area contributed by atoms with E-state index in [-0.39, 0.29) is 5.82 Å². The zero-order valence-corrected chi connectivity index (χ0v) is 7.80. The molecule has 1 aromatic heterocycles. The number of carboxylic acid groups (broad SMARTS) is 1. The SMILES string of the molecule is O=C(O)CS(=O)(=O)Nc1csnn1. The quantitative estimate of drug-likeness (QED) is 0.703. The summed E-state index contributed by atoms with van der Waals surface area (Å²) in [5.41, 5.74) is 0. The lowest BCUT2D eigenvalue weighted by Gasteiger charge is -2.00. The van der Waals surface area contributed by atoms with Crippen molar-refractivity contribution in [2.24, 2.45) is 0 Å². The van der Waals surface area contributed by atoms with Crippen molar-refractivity contribution in [3.63, 3.8) is 0 Å². The molecule has 0 bridgehead atoms. The Labute approximate surface area is 77.6 Å². The van der Waals surface area contributed by atoms with Crippen LogP contribution in [0.1, 0.15) is 0 Å². The highest BCUT2D eigenvalue weighted by atomic mass is 32.2. The second kappa shape index (κ2) is 3.66. The Hall–Kier alpha value is -1.22. The molecule has 0 radical (unpaired) electrons. The summed E-state index contributed by atoms with van der Waals surface area (Å²) >= 11 is 0.964. The summed E-state index contributed by atoms with van der Waals surface area (Å²) < 4.78 is 27.3. The molecule has 0 unspecified atom stereocenters. The number of sulfonamides is 1. The van der Waals surface area contributed by atoms with Crippen LogP contribution in [-0.4, -0.2) is 34.8 Å². The second-order valence-corrected chi connectivity index (χ2v) is 4.38. The molecule has 0 aliphatic rings. The van der Waals surface area contributed by atoms with Gasteiger partial charge in [-0.1, -0.05) is 4.49 Å². The Bertz CT molecular complexity index is 384. The molecule has 0 atom stereocenters. The number of aliphatic carboxylic acids is 1. The van der Waals surface area contributed by atoms with E-state index in [4.69, 9.17) is 5.11 Å². The van der Waals surface area contributed by atoms with Crippen LogP contribution in [0, 0.1) is 0 Å². The van der Waals surface area contributed by atoms with E-state index < -0.39 is 21.7 Å². The summed E-state index contributed by atoms with van der Waals surface area (Å²) in [6, 6.07) is 0. The number of carbonyl (C=O) groups is 1. The molecule has 0 fully saturated rings. The molecule has 0 aliphatic heterocycles. The van der Waals surface area contributed by atoms with Crippen LogP contribution in [0.3, 0.4) is 0 Å². The van der Waals surface area contributed by atoms with Crippen LogP contribution in [0.25, 0.3) is 0 Å². The molecule has 0 spiro atoms. The number of nitrogens with zero attached hydrogens (tertiary/aromatic N) is 2. The Morgan fingerprint density at radius 1 is 1.69 bits per heavy atom. The Morgan fingerprint density at radius 3 is 2.85 bits per heavy atom. The standard InChI is InChI=1S/C4H5N3O4S2/c8-4(9)2-13(10,11)6-3-1-12-7-5-3/h1,6H,2H2,(H,8,9). The van der Waals surface area contributed by atoms with E-state index in [9.17, 15) is 13.2 Å². The van der Waals surface area contributed by atoms with Gasteiger partial charge in [0.1, 0.15) is 0 Å². The lowest BCUT2D eigenvalue weighted by Crippen LogP contribution is -2.22. The normalized spacial score (nSPS) is 11.1. The van der Waals surface area contributed by atoms with E-state index in [1.807, 2.05) is 4.72 Å². The minimum atomic E-state index is -3.85. The second-order valence-electron chi connectivity index (χ2n) is 2.05. The average molecular weight is 223 g/mol. The van der Waals surface area contributed by atoms with Gasteiger partial charge in [0.2, 0.25) is 10.0 Å². The fourth-order valence-corrected chi connectivity index (χ4v) is 1.85. The average Bonchev–Trinajstić information content (AvgIpc) is 2.34. The summed E-state index contributed by atoms with van der Waals surface area (Å²) in [5, 5.41) is 13.0. The lowest BCUT2D eigenvalue weighted by atomic mass is 10.8. The van der Waals surface area contributed by atoms with Crippen molar-refractivity contribution >= 4 is 33.3 Å². The Kier molecular flexibility index (Phi) is 2.78. The molecule has 72 valence electrons. The first-order chi connectivity index (χ1) is 5.99. The van der Waals surface area contributed by atoms with Gasteiger partial charge in [0.25, 0.3) is 0 Å². The fourth-order valence-electron chi connectivity index (χ4n) is 0.567. The number of rotatable bonds is 4. The highest BCUT2D eigenvalue weighted by Crippen LogP contribution is 2.05. The first kappa shape index (κ1) is 9.86. The number of anilines is 1. The van der Waals surface area contributed by atoms with Gasteiger partial charge in [-0.3, -0.25) is 9.52 Å². The van der Waals surface area contributed by atoms with Gasteiger partial charge in [-0.2, -0.15) is 0 Å². The third-order valence-corrected chi connectivity index (χ3v) is 2.59. The van der Waals surface area contributed by atoms with E-state index >= 15 is 0 Å². The van der Waals surface area contributed by atoms with Crippen molar-refractivity contribution in [3.8, 4) is 0 Å². The van der Waals surface area contributed by atoms with Gasteiger partial charge in [0.05, 0.1) is 5.38 Å². The van der Waals surface area contributed by atoms with Gasteiger partial charge in [-0.05, 0) is 11.5 Å². The van der Waals surface area contributed by atoms with Crippen molar-refractivity contribution < 1.29 is 18.3 Å². The zero-order chi connectivity index (χ0) is 9.90. The number of hydrogen-bond donors (Lipinski definition) is 2. The maximum Gasteiger partial charge on any atom is 0.320 e. The molecule has 2 N–H and O–H groups in total. The first-order valence-electron chi connectivity index (χ1n) is 2.99. The zero-order valence-electron chi connectivity index (χ0n) is 6.17. The predicted molar refractivity (Wildman–Crippen MR) is 45.0 cm³/mol. The lowest BCUT2D eigenvalue weighted by molar-refractivity contribution is -0.134. The molecule has 7 nitrogen and oxygen atoms in total. The molecule has 1 rings (SSSR count). The van der Waals surface area contributed by atoms with E-state index in [1.54, 1.807) is 0 Å². The van der Waals surface area contributed by atoms with Gasteiger partial charge >= 0.3 is 5.97 Å². The maximum atomic E-state index is 11.0. The summed E-state index contributed by atoms with van der Waals surface area (Å²) in [4.78, 5) is 10.1. The fraction of sp³-hybridized carbons (Fsp3) is 0.250. The Morgan fingerprint density at radius 2 is 2.38 bits per heavy atom. The number of aromatic nitrogens is 2. The molecule has 0 saturated heterocycles. The number of nitrogens with one attached hydrogen (secondary N) is 1. The van der Waals surface area contributed by atoms with Crippen LogP contribution in [0.5, 0.6) is 0 Å². The van der Waals surface area contributed by atoms with Crippen LogP contribution < -0.4 is 4.72 Å².